The Morgan fingerprint density at radius 2 is 0.826 bits per heavy atom. The van der Waals surface area contributed by atoms with Gasteiger partial charge >= 0.3 is 0 Å². The van der Waals surface area contributed by atoms with Gasteiger partial charge in [-0.3, -0.25) is 0 Å². The fraction of sp³-hybridized carbons (Fsp3) is 0.294. The Balaban J connectivity index is 0.813. The van der Waals surface area contributed by atoms with Gasteiger partial charge < -0.3 is 19.5 Å². The van der Waals surface area contributed by atoms with Gasteiger partial charge in [0.15, 0.2) is 0 Å². The molecule has 242 valence electrons. The Morgan fingerprint density at radius 1 is 0.435 bits per heavy atom. The van der Waals surface area contributed by atoms with E-state index in [0.29, 0.717) is 50.2 Å². The van der Waals surface area contributed by atoms with Crippen LogP contribution in [0.3, 0.4) is 0 Å². The van der Waals surface area contributed by atoms with E-state index in [4.69, 9.17) is 8.83 Å². The number of furan rings is 2. The quantitative estimate of drug-likeness (QED) is 0.0941. The summed E-state index contributed by atoms with van der Waals surface area (Å²) in [6, 6.07) is 25.1. The smallest absolute Gasteiger partial charge is 0.240 e. The molecule has 0 atom stereocenters. The van der Waals surface area contributed by atoms with Crippen LogP contribution in [-0.2, 0) is 20.0 Å². The zero-order valence-corrected chi connectivity index (χ0v) is 27.1. The number of para-hydroxylation sites is 2. The van der Waals surface area contributed by atoms with Crippen LogP contribution in [0, 0.1) is 0 Å². The first-order valence-electron chi connectivity index (χ1n) is 15.6. The highest BCUT2D eigenvalue weighted by Crippen LogP contribution is 2.31. The number of hydrogen-bond donors (Lipinski definition) is 4. The molecule has 0 bridgehead atoms. The molecule has 12 heteroatoms. The summed E-state index contributed by atoms with van der Waals surface area (Å²) in [5.74, 6) is 0. The molecule has 46 heavy (non-hydrogen) atoms. The van der Waals surface area contributed by atoms with Crippen LogP contribution in [0.25, 0.3) is 43.9 Å². The van der Waals surface area contributed by atoms with Gasteiger partial charge in [-0.15, -0.1) is 0 Å². The van der Waals surface area contributed by atoms with E-state index in [2.05, 4.69) is 20.1 Å². The zero-order valence-electron chi connectivity index (χ0n) is 25.4. The number of benzene rings is 4. The minimum Gasteiger partial charge on any atom is -0.456 e. The normalized spacial score (nSPS) is 12.6. The predicted molar refractivity (Wildman–Crippen MR) is 182 cm³/mol. The van der Waals surface area contributed by atoms with E-state index < -0.39 is 20.0 Å². The molecule has 0 saturated heterocycles. The summed E-state index contributed by atoms with van der Waals surface area (Å²) in [6.45, 7) is 3.80. The molecule has 0 saturated carbocycles. The maximum atomic E-state index is 12.8. The first-order valence-corrected chi connectivity index (χ1v) is 18.5. The van der Waals surface area contributed by atoms with Crippen LogP contribution in [0.4, 0.5) is 0 Å². The molecule has 4 N–H and O–H groups in total. The van der Waals surface area contributed by atoms with Crippen molar-refractivity contribution in [2.45, 2.75) is 35.5 Å². The predicted octanol–water partition coefficient (Wildman–Crippen LogP) is 5.48. The molecular weight excluding hydrogens is 625 g/mol. The van der Waals surface area contributed by atoms with Gasteiger partial charge in [0.1, 0.15) is 22.3 Å². The van der Waals surface area contributed by atoms with E-state index in [1.165, 1.54) is 0 Å². The van der Waals surface area contributed by atoms with Gasteiger partial charge in [0.25, 0.3) is 0 Å². The van der Waals surface area contributed by atoms with Crippen LogP contribution in [-0.4, -0.2) is 56.1 Å². The lowest BCUT2D eigenvalue weighted by Crippen LogP contribution is -2.28. The van der Waals surface area contributed by atoms with Crippen LogP contribution < -0.4 is 20.1 Å². The molecule has 0 fully saturated rings. The molecule has 0 unspecified atom stereocenters. The number of sulfonamides is 2. The molecule has 4 aromatic carbocycles. The highest BCUT2D eigenvalue weighted by atomic mass is 32.2. The number of rotatable bonds is 17. The number of nitrogens with one attached hydrogen (secondary N) is 4. The Labute approximate surface area is 268 Å². The molecule has 10 nitrogen and oxygen atoms in total. The van der Waals surface area contributed by atoms with Crippen molar-refractivity contribution in [3.63, 3.8) is 0 Å². The van der Waals surface area contributed by atoms with E-state index in [1.807, 2.05) is 48.5 Å². The van der Waals surface area contributed by atoms with Crippen LogP contribution in [0.5, 0.6) is 0 Å². The lowest BCUT2D eigenvalue weighted by molar-refractivity contribution is 0.553. The highest BCUT2D eigenvalue weighted by molar-refractivity contribution is 7.89. The van der Waals surface area contributed by atoms with Crippen molar-refractivity contribution in [2.24, 2.45) is 0 Å². The van der Waals surface area contributed by atoms with E-state index in [0.717, 1.165) is 58.6 Å². The third-order valence-electron chi connectivity index (χ3n) is 7.92. The lowest BCUT2D eigenvalue weighted by Gasteiger charge is -2.09. The minimum absolute atomic E-state index is 0.227. The third-order valence-corrected chi connectivity index (χ3v) is 10.8. The Morgan fingerprint density at radius 3 is 1.28 bits per heavy atom. The van der Waals surface area contributed by atoms with Gasteiger partial charge in [0.05, 0.1) is 9.79 Å². The van der Waals surface area contributed by atoms with Gasteiger partial charge in [0.2, 0.25) is 20.0 Å². The summed E-state index contributed by atoms with van der Waals surface area (Å²) in [4.78, 5) is 0.455. The Hall–Kier alpha value is -3.78. The van der Waals surface area contributed by atoms with Crippen molar-refractivity contribution in [3.8, 4) is 0 Å². The van der Waals surface area contributed by atoms with Crippen molar-refractivity contribution >= 4 is 63.9 Å². The first-order chi connectivity index (χ1) is 22.3. The molecule has 0 aliphatic rings. The molecule has 2 heterocycles. The van der Waals surface area contributed by atoms with Crippen molar-refractivity contribution < 1.29 is 25.7 Å². The fourth-order valence-electron chi connectivity index (χ4n) is 5.50. The Bertz CT molecular complexity index is 2020. The van der Waals surface area contributed by atoms with Crippen molar-refractivity contribution in [2.75, 3.05) is 39.3 Å². The lowest BCUT2D eigenvalue weighted by atomic mass is 10.1. The minimum atomic E-state index is -3.62. The SMILES string of the molecule is O=S(=O)(NCCCNCCCCNCCCNS(=O)(=O)c1ccc2oc3ccccc3c2c1)c1ccc2oc3ccccc3c2c1. The second-order valence-corrected chi connectivity index (χ2v) is 14.8. The number of fused-ring (bicyclic) bond motifs is 6. The van der Waals surface area contributed by atoms with Crippen LogP contribution in [0.2, 0.25) is 0 Å². The second-order valence-electron chi connectivity index (χ2n) is 11.2. The summed E-state index contributed by atoms with van der Waals surface area (Å²) in [6.07, 6.45) is 3.32. The van der Waals surface area contributed by atoms with Gasteiger partial charge in [-0.1, -0.05) is 36.4 Å². The van der Waals surface area contributed by atoms with E-state index in [1.54, 1.807) is 36.4 Å². The monoisotopic (exact) mass is 662 g/mol. The molecule has 2 aromatic heterocycles. The standard InChI is InChI=1S/C34H38N4O6S2/c39-45(40,25-13-15-33-29(23-25)27-9-1-3-11-31(27)43-33)37-21-7-19-35-17-5-6-18-36-20-8-22-38-46(41,42)26-14-16-34-30(24-26)28-10-2-4-12-32(28)44-34/h1-4,9-16,23-24,35-38H,5-8,17-22H2. The molecule has 6 rings (SSSR count). The first kappa shape index (κ1) is 32.2. The highest BCUT2D eigenvalue weighted by Gasteiger charge is 2.17. The van der Waals surface area contributed by atoms with Crippen molar-refractivity contribution in [1.29, 1.82) is 0 Å². The Kier molecular flexibility index (Phi) is 10.0. The van der Waals surface area contributed by atoms with Gasteiger partial charge in [-0.05, 0) is 100 Å². The third kappa shape index (κ3) is 7.43. The number of unbranched alkanes of at least 4 members (excludes halogenated alkanes) is 1. The molecule has 0 aliphatic carbocycles. The van der Waals surface area contributed by atoms with Crippen molar-refractivity contribution in [3.05, 3.63) is 84.9 Å². The molecular formula is C34H38N4O6S2. The van der Waals surface area contributed by atoms with E-state index >= 15 is 0 Å². The summed E-state index contributed by atoms with van der Waals surface area (Å²) in [5.41, 5.74) is 2.80. The summed E-state index contributed by atoms with van der Waals surface area (Å²) >= 11 is 0. The van der Waals surface area contributed by atoms with Crippen LogP contribution in [0.1, 0.15) is 25.7 Å². The van der Waals surface area contributed by atoms with Crippen molar-refractivity contribution in [1.82, 2.24) is 20.1 Å². The molecule has 0 amide bonds. The summed E-state index contributed by atoms with van der Waals surface area (Å²) in [7, 11) is -7.23. The molecule has 6 aromatic rings. The van der Waals surface area contributed by atoms with Gasteiger partial charge in [-0.2, -0.15) is 0 Å². The largest absolute Gasteiger partial charge is 0.456 e. The van der Waals surface area contributed by atoms with E-state index in [-0.39, 0.29) is 9.79 Å². The fourth-order valence-corrected chi connectivity index (χ4v) is 7.70. The van der Waals surface area contributed by atoms with Crippen LogP contribution in [0.15, 0.2) is 104 Å². The molecule has 0 spiro atoms. The maximum absolute atomic E-state index is 12.8. The van der Waals surface area contributed by atoms with Crippen LogP contribution >= 0.6 is 0 Å². The van der Waals surface area contributed by atoms with E-state index in [9.17, 15) is 16.8 Å². The topological polar surface area (TPSA) is 143 Å². The average molecular weight is 663 g/mol. The molecule has 0 radical (unpaired) electrons. The zero-order chi connectivity index (χ0) is 32.0. The van der Waals surface area contributed by atoms with Gasteiger partial charge in [-0.25, -0.2) is 26.3 Å². The second kappa shape index (κ2) is 14.3. The maximum Gasteiger partial charge on any atom is 0.240 e. The average Bonchev–Trinajstić information content (AvgIpc) is 3.62. The number of hydrogen-bond acceptors (Lipinski definition) is 8. The van der Waals surface area contributed by atoms with Gasteiger partial charge in [0, 0.05) is 34.6 Å². The molecule has 0 aliphatic heterocycles. The summed E-state index contributed by atoms with van der Waals surface area (Å²) < 4.78 is 68.2. The summed E-state index contributed by atoms with van der Waals surface area (Å²) in [5, 5.41) is 10.1.